The molecule has 0 fully saturated rings. The minimum Gasteiger partial charge on any atom is -0.512 e. The molecule has 0 saturated heterocycles. The van der Waals surface area contributed by atoms with Crippen LogP contribution in [0.25, 0.3) is 111 Å². The number of benzene rings is 10. The van der Waals surface area contributed by atoms with Crippen molar-refractivity contribution in [1.82, 2.24) is 19.9 Å². The largest absolute Gasteiger partial charge is 0.512 e. The fourth-order valence-corrected chi connectivity index (χ4v) is 11.8. The van der Waals surface area contributed by atoms with E-state index in [9.17, 15) is 23.6 Å². The normalized spacial score (nSPS) is 10.6. The van der Waals surface area contributed by atoms with Crippen molar-refractivity contribution in [2.24, 2.45) is 0 Å². The molecule has 4 N–H and O–H groups in total. The van der Waals surface area contributed by atoms with E-state index in [1.165, 1.54) is 147 Å². The van der Waals surface area contributed by atoms with Crippen LogP contribution >= 0.6 is 0 Å². The molecule has 0 aliphatic rings. The van der Waals surface area contributed by atoms with E-state index in [2.05, 4.69) is 240 Å². The number of para-hydroxylation sites is 1. The third-order valence-electron chi connectivity index (χ3n) is 16.5. The summed E-state index contributed by atoms with van der Waals surface area (Å²) in [5, 5.41) is 37.5. The Bertz CT molecular complexity index is 5580. The van der Waals surface area contributed by atoms with Crippen molar-refractivity contribution in [3.8, 4) is 67.3 Å². The number of aliphatic hydroxyl groups is 4. The Kier molecular flexibility index (Phi) is 42.9. The fraction of sp³-hybridized carbons (Fsp3) is 0.160. The van der Waals surface area contributed by atoms with E-state index < -0.39 is 0 Å². The molecule has 0 bridgehead atoms. The maximum absolute atomic E-state index is 13.6. The second-order valence-corrected chi connectivity index (χ2v) is 27.4. The van der Waals surface area contributed by atoms with Crippen molar-refractivity contribution in [3.63, 3.8) is 0 Å². The first-order chi connectivity index (χ1) is 53.8. The van der Waals surface area contributed by atoms with E-state index in [-0.39, 0.29) is 132 Å². The first kappa shape index (κ1) is 100. The molecule has 117 heavy (non-hydrogen) atoms. The summed E-state index contributed by atoms with van der Waals surface area (Å²) in [7, 11) is 0. The Morgan fingerprint density at radius 3 is 1.09 bits per heavy atom. The summed E-state index contributed by atoms with van der Waals surface area (Å²) < 4.78 is 13.6. The molecule has 4 heterocycles. The van der Waals surface area contributed by atoms with E-state index in [1.54, 1.807) is 12.1 Å². The molecule has 0 unspecified atom stereocenters. The van der Waals surface area contributed by atoms with Crippen LogP contribution in [0, 0.1) is 85.5 Å². The number of ketones is 4. The average molecular weight is 2270 g/mol. The number of halogens is 1. The molecule has 0 aliphatic heterocycles. The van der Waals surface area contributed by atoms with Crippen molar-refractivity contribution in [3.05, 3.63) is 359 Å². The monoisotopic (exact) mass is 2270 g/mol. The summed E-state index contributed by atoms with van der Waals surface area (Å²) in [6.07, 6.45) is 4.67. The van der Waals surface area contributed by atoms with Gasteiger partial charge in [0.1, 0.15) is 5.82 Å². The van der Waals surface area contributed by atoms with Crippen LogP contribution in [0.5, 0.6) is 0 Å². The van der Waals surface area contributed by atoms with Crippen LogP contribution in [0.15, 0.2) is 284 Å². The van der Waals surface area contributed by atoms with Crippen LogP contribution in [0.1, 0.15) is 99.9 Å². The molecule has 0 saturated carbocycles. The first-order valence-electron chi connectivity index (χ1n) is 36.6. The van der Waals surface area contributed by atoms with Crippen molar-refractivity contribution >= 4 is 66.7 Å². The minimum absolute atomic E-state index is 0. The van der Waals surface area contributed by atoms with Gasteiger partial charge in [-0.2, -0.15) is 0 Å². The predicted molar refractivity (Wildman–Crippen MR) is 461 cm³/mol. The van der Waals surface area contributed by atoms with E-state index in [0.29, 0.717) is 10.9 Å². The van der Waals surface area contributed by atoms with Gasteiger partial charge < -0.3 is 20.4 Å². The van der Waals surface area contributed by atoms with Gasteiger partial charge in [-0.3, -0.25) is 39.1 Å². The first-order valence-corrected chi connectivity index (χ1v) is 36.6. The molecular weight excluding hydrogens is 2170 g/mol. The molecule has 12 nitrogen and oxygen atoms in total. The Morgan fingerprint density at radius 2 is 0.667 bits per heavy atom. The van der Waals surface area contributed by atoms with Crippen LogP contribution in [0.3, 0.4) is 0 Å². The van der Waals surface area contributed by atoms with Gasteiger partial charge in [0.2, 0.25) is 0 Å². The van der Waals surface area contributed by atoms with Crippen LogP contribution < -0.4 is 0 Å². The molecule has 4 radical (unpaired) electrons. The smallest absolute Gasteiger partial charge is 0.155 e. The number of nitrogens with zero attached hydrogens (tertiary/aromatic N) is 4. The number of fused-ring (bicyclic) bond motifs is 4. The van der Waals surface area contributed by atoms with Gasteiger partial charge in [0.05, 0.1) is 45.1 Å². The van der Waals surface area contributed by atoms with Gasteiger partial charge in [-0.25, -0.2) is 4.39 Å². The summed E-state index contributed by atoms with van der Waals surface area (Å²) >= 11 is 0. The van der Waals surface area contributed by atoms with Gasteiger partial charge in [0.25, 0.3) is 0 Å². The van der Waals surface area contributed by atoms with Crippen LogP contribution in [-0.4, -0.2) is 63.5 Å². The molecule has 14 aromatic rings. The number of rotatable bonds is 10. The zero-order chi connectivity index (χ0) is 82.4. The minimum atomic E-state index is -0.235. The quantitative estimate of drug-likeness (QED) is 0.0574. The predicted octanol–water partition coefficient (Wildman–Crippen LogP) is 24.9. The topological polar surface area (TPSA) is 201 Å². The summed E-state index contributed by atoms with van der Waals surface area (Å²) in [4.78, 5) is 59.0. The van der Waals surface area contributed by atoms with Crippen molar-refractivity contribution in [2.75, 3.05) is 0 Å². The van der Waals surface area contributed by atoms with Gasteiger partial charge in [0.15, 0.2) is 23.1 Å². The van der Waals surface area contributed by atoms with Crippen molar-refractivity contribution < 1.29 is 124 Å². The van der Waals surface area contributed by atoms with Gasteiger partial charge in [-0.1, -0.05) is 213 Å². The van der Waals surface area contributed by atoms with Gasteiger partial charge in [-0.15, -0.1) is 140 Å². The second-order valence-electron chi connectivity index (χ2n) is 27.4. The Labute approximate surface area is 741 Å². The van der Waals surface area contributed by atoms with Crippen molar-refractivity contribution in [1.29, 1.82) is 0 Å². The summed E-state index contributed by atoms with van der Waals surface area (Å²) in [5.41, 5.74) is 26.0. The molecular formula is C100H95FIr4N4O8-4. The molecule has 0 spiro atoms. The number of hydrogen-bond donors (Lipinski definition) is 4. The zero-order valence-electron chi connectivity index (χ0n) is 68.2. The second kappa shape index (κ2) is 50.0. The zero-order valence-corrected chi connectivity index (χ0v) is 77.8. The molecule has 17 heteroatoms. The van der Waals surface area contributed by atoms with Gasteiger partial charge in [-0.05, 0) is 142 Å². The fourth-order valence-electron chi connectivity index (χ4n) is 11.8. The summed E-state index contributed by atoms with van der Waals surface area (Å²) in [6, 6.07) is 93.3. The molecule has 4 aromatic heterocycles. The maximum Gasteiger partial charge on any atom is 0.155 e. The number of aryl methyl sites for hydroxylation is 8. The number of aliphatic hydroxyl groups excluding tert-OH is 4. The van der Waals surface area contributed by atoms with Gasteiger partial charge >= 0.3 is 0 Å². The SMILES string of the molecule is CC(=O)C=C(C)O.CC(=O)C=C(C)O.CC(=O)C=C(C)O.CC(=O)C=C(C)O.Cc1[c-]c(-c2ccc3c(-c4ccccc4)cccc3n2)cc(C)c1.Cc1[c-]c(-c2ccc3c(F)cccc3n2)cc(C)c1.Cc1[c-]c(-c2ccc3ccc(-c4ccccc4)cc3n2)cc(C)c1.Cc1c[c-]c(-c2ccc3ccccc3n2)cc1C.[Ir].[Ir].[Ir].[Ir]. The standard InChI is InChI=1S/2C23H18N.C17H13FN.C17H14N.4C5H8O2.4Ir/c1-16-13-17(2)15-19(14-16)22-12-11-21-20(9-6-10-23(21)24-22)18-7-4-3-5-8-18;1-16-12-17(2)14-21(13-16)22-11-10-19-8-9-20(15-23(19)24-22)18-6-4-3-5-7-18;1-11-8-12(2)10-13(9-11)16-7-6-14-15(18)4-3-5-17(14)19-16;1-12-7-8-15(11-13(12)2)17-10-9-14-5-3-4-6-16(14)18-17;4*1-4(6)3-5(2)7;;;;/h3-14H,1-2H3;3-13,15H,1-2H3;3-9H,1-2H3;3-7,9-11H,1-2H3;4*3,6H,1-2H3;;;;/q4*-1;;;;;;;;. The number of allylic oxidation sites excluding steroid dienone is 8. The number of pyridine rings is 4. The Morgan fingerprint density at radius 1 is 0.316 bits per heavy atom. The summed E-state index contributed by atoms with van der Waals surface area (Å²) in [6.45, 7) is 28.0. The van der Waals surface area contributed by atoms with E-state index in [1.807, 2.05) is 68.4 Å². The third-order valence-corrected chi connectivity index (χ3v) is 16.5. The van der Waals surface area contributed by atoms with Crippen LogP contribution in [0.2, 0.25) is 0 Å². The number of aromatic nitrogens is 4. The number of carbonyl (C=O) groups is 4. The van der Waals surface area contributed by atoms with E-state index in [0.717, 1.165) is 83.7 Å². The Hall–Kier alpha value is -10.8. The number of hydrogen-bond acceptors (Lipinski definition) is 12. The third kappa shape index (κ3) is 33.8. The van der Waals surface area contributed by atoms with Crippen molar-refractivity contribution in [2.45, 2.75) is 111 Å². The Balaban J connectivity index is 0.000000362. The molecule has 0 amide bonds. The summed E-state index contributed by atoms with van der Waals surface area (Å²) in [5.74, 6) is -0.485. The van der Waals surface area contributed by atoms with Crippen LogP contribution in [-0.2, 0) is 99.6 Å². The average Bonchev–Trinajstić information content (AvgIpc) is 0.797. The van der Waals surface area contributed by atoms with Gasteiger partial charge in [0, 0.05) is 115 Å². The molecule has 0 atom stereocenters. The molecule has 0 aliphatic carbocycles. The van der Waals surface area contributed by atoms with Crippen LogP contribution in [0.4, 0.5) is 4.39 Å². The van der Waals surface area contributed by atoms with E-state index >= 15 is 0 Å². The molecule has 10 aromatic carbocycles. The number of carbonyl (C=O) groups excluding carboxylic acids is 4. The molecule has 610 valence electrons. The maximum atomic E-state index is 13.6. The van der Waals surface area contributed by atoms with E-state index in [4.69, 9.17) is 30.4 Å². The molecule has 14 rings (SSSR count).